The molecule has 1 aromatic carbocycles. The van der Waals surface area contributed by atoms with E-state index in [0.29, 0.717) is 6.42 Å². The predicted octanol–water partition coefficient (Wildman–Crippen LogP) is 3.43. The lowest BCUT2D eigenvalue weighted by atomic mass is 9.96. The molecule has 2 heteroatoms. The summed E-state index contributed by atoms with van der Waals surface area (Å²) in [6.45, 7) is 3.98. The van der Waals surface area contributed by atoms with Crippen LogP contribution in [0.5, 0.6) is 0 Å². The maximum absolute atomic E-state index is 11.6. The van der Waals surface area contributed by atoms with Crippen LogP contribution in [0.3, 0.4) is 0 Å². The average molecular weight is 215 g/mol. The molecule has 2 nitrogen and oxygen atoms in total. The highest BCUT2D eigenvalue weighted by Gasteiger charge is 2.16. The first kappa shape index (κ1) is 10.9. The summed E-state index contributed by atoms with van der Waals surface area (Å²) in [4.78, 5) is 11.6. The normalized spacial score (nSPS) is 16.5. The summed E-state index contributed by atoms with van der Waals surface area (Å²) in [5, 5.41) is 3.36. The summed E-state index contributed by atoms with van der Waals surface area (Å²) in [7, 11) is 0. The van der Waals surface area contributed by atoms with Crippen molar-refractivity contribution >= 4 is 11.5 Å². The molecule has 0 fully saturated rings. The maximum Gasteiger partial charge on any atom is 0.160 e. The van der Waals surface area contributed by atoms with Gasteiger partial charge in [0.25, 0.3) is 0 Å². The van der Waals surface area contributed by atoms with Crippen LogP contribution >= 0.6 is 0 Å². The number of ketones is 1. The highest BCUT2D eigenvalue weighted by molar-refractivity contribution is 5.96. The van der Waals surface area contributed by atoms with Gasteiger partial charge in [0.05, 0.1) is 0 Å². The first-order valence-electron chi connectivity index (χ1n) is 5.73. The van der Waals surface area contributed by atoms with Crippen molar-refractivity contribution in [3.05, 3.63) is 41.1 Å². The summed E-state index contributed by atoms with van der Waals surface area (Å²) >= 11 is 0. The highest BCUT2D eigenvalue weighted by atomic mass is 16.1. The van der Waals surface area contributed by atoms with Crippen molar-refractivity contribution in [1.29, 1.82) is 0 Å². The van der Waals surface area contributed by atoms with Gasteiger partial charge >= 0.3 is 0 Å². The van der Waals surface area contributed by atoms with E-state index in [1.165, 1.54) is 5.56 Å². The number of rotatable bonds is 2. The monoisotopic (exact) mass is 215 g/mol. The Morgan fingerprint density at radius 3 is 2.75 bits per heavy atom. The SMILES string of the molecule is CC1=C(Nc2cccc(C)c2)CCCC1=O. The molecule has 0 spiro atoms. The average Bonchev–Trinajstić information content (AvgIpc) is 2.25. The van der Waals surface area contributed by atoms with E-state index in [1.807, 2.05) is 19.1 Å². The smallest absolute Gasteiger partial charge is 0.160 e. The lowest BCUT2D eigenvalue weighted by molar-refractivity contribution is -0.116. The molecular formula is C14H17NO. The molecule has 1 aromatic rings. The van der Waals surface area contributed by atoms with E-state index in [4.69, 9.17) is 0 Å². The van der Waals surface area contributed by atoms with Gasteiger partial charge in [-0.2, -0.15) is 0 Å². The number of benzene rings is 1. The van der Waals surface area contributed by atoms with Gasteiger partial charge in [-0.15, -0.1) is 0 Å². The largest absolute Gasteiger partial charge is 0.359 e. The summed E-state index contributed by atoms with van der Waals surface area (Å²) in [5.74, 6) is 0.279. The van der Waals surface area contributed by atoms with Gasteiger partial charge in [-0.3, -0.25) is 4.79 Å². The Morgan fingerprint density at radius 1 is 1.19 bits per heavy atom. The second kappa shape index (κ2) is 4.52. The highest BCUT2D eigenvalue weighted by Crippen LogP contribution is 2.23. The minimum absolute atomic E-state index is 0.279. The van der Waals surface area contributed by atoms with Crippen molar-refractivity contribution in [3.63, 3.8) is 0 Å². The zero-order valence-corrected chi connectivity index (χ0v) is 9.84. The van der Waals surface area contributed by atoms with Gasteiger partial charge in [-0.1, -0.05) is 12.1 Å². The third-order valence-corrected chi connectivity index (χ3v) is 3.01. The molecule has 0 heterocycles. The number of anilines is 1. The van der Waals surface area contributed by atoms with Crippen molar-refractivity contribution in [3.8, 4) is 0 Å². The van der Waals surface area contributed by atoms with E-state index in [0.717, 1.165) is 29.8 Å². The van der Waals surface area contributed by atoms with Crippen LogP contribution in [0.4, 0.5) is 5.69 Å². The lowest BCUT2D eigenvalue weighted by Gasteiger charge is -2.18. The zero-order chi connectivity index (χ0) is 11.5. The van der Waals surface area contributed by atoms with Gasteiger partial charge < -0.3 is 5.32 Å². The lowest BCUT2D eigenvalue weighted by Crippen LogP contribution is -2.14. The molecule has 0 aliphatic heterocycles. The predicted molar refractivity (Wildman–Crippen MR) is 66.4 cm³/mol. The van der Waals surface area contributed by atoms with E-state index in [-0.39, 0.29) is 5.78 Å². The quantitative estimate of drug-likeness (QED) is 0.818. The number of carbonyl (C=O) groups excluding carboxylic acids is 1. The fourth-order valence-corrected chi connectivity index (χ4v) is 2.02. The maximum atomic E-state index is 11.6. The summed E-state index contributed by atoms with van der Waals surface area (Å²) in [6, 6.07) is 8.22. The van der Waals surface area contributed by atoms with Crippen LogP contribution in [0, 0.1) is 6.92 Å². The minimum atomic E-state index is 0.279. The van der Waals surface area contributed by atoms with Crippen LogP contribution in [0.1, 0.15) is 31.7 Å². The molecule has 0 radical (unpaired) electrons. The zero-order valence-electron chi connectivity index (χ0n) is 9.84. The molecule has 0 atom stereocenters. The van der Waals surface area contributed by atoms with Gasteiger partial charge in [0, 0.05) is 23.4 Å². The second-order valence-electron chi connectivity index (χ2n) is 4.37. The molecule has 0 unspecified atom stereocenters. The van der Waals surface area contributed by atoms with Crippen LogP contribution in [-0.4, -0.2) is 5.78 Å². The van der Waals surface area contributed by atoms with E-state index in [1.54, 1.807) is 0 Å². The molecule has 0 aromatic heterocycles. The number of carbonyl (C=O) groups is 1. The summed E-state index contributed by atoms with van der Waals surface area (Å²) in [6.07, 6.45) is 2.64. The number of Topliss-reactive ketones (excluding diaryl/α,β-unsaturated/α-hetero) is 1. The summed E-state index contributed by atoms with van der Waals surface area (Å²) in [5.41, 5.74) is 4.28. The number of hydrogen-bond donors (Lipinski definition) is 1. The van der Waals surface area contributed by atoms with E-state index in [2.05, 4.69) is 24.4 Å². The molecule has 16 heavy (non-hydrogen) atoms. The van der Waals surface area contributed by atoms with Crippen molar-refractivity contribution in [2.75, 3.05) is 5.32 Å². The van der Waals surface area contributed by atoms with Gasteiger partial charge in [0.2, 0.25) is 0 Å². The van der Waals surface area contributed by atoms with E-state index < -0.39 is 0 Å². The fourth-order valence-electron chi connectivity index (χ4n) is 2.02. The Bertz CT molecular complexity index is 446. The van der Waals surface area contributed by atoms with Crippen molar-refractivity contribution in [1.82, 2.24) is 0 Å². The second-order valence-corrected chi connectivity index (χ2v) is 4.37. The third-order valence-electron chi connectivity index (χ3n) is 3.01. The van der Waals surface area contributed by atoms with Gasteiger partial charge in [-0.25, -0.2) is 0 Å². The Hall–Kier alpha value is -1.57. The first-order valence-corrected chi connectivity index (χ1v) is 5.73. The topological polar surface area (TPSA) is 29.1 Å². The summed E-state index contributed by atoms with van der Waals surface area (Å²) < 4.78 is 0. The van der Waals surface area contributed by atoms with Crippen LogP contribution in [0.15, 0.2) is 35.5 Å². The molecule has 1 aliphatic rings. The Kier molecular flexibility index (Phi) is 3.09. The number of allylic oxidation sites excluding steroid dienone is 2. The van der Waals surface area contributed by atoms with E-state index in [9.17, 15) is 4.79 Å². The van der Waals surface area contributed by atoms with Crippen LogP contribution in [-0.2, 0) is 4.79 Å². The van der Waals surface area contributed by atoms with Crippen molar-refractivity contribution in [2.45, 2.75) is 33.1 Å². The van der Waals surface area contributed by atoms with Crippen LogP contribution in [0.2, 0.25) is 0 Å². The molecule has 84 valence electrons. The van der Waals surface area contributed by atoms with Gasteiger partial charge in [0.15, 0.2) is 5.78 Å². The third kappa shape index (κ3) is 2.32. The Balaban J connectivity index is 2.21. The molecule has 0 bridgehead atoms. The van der Waals surface area contributed by atoms with E-state index >= 15 is 0 Å². The Labute approximate surface area is 96.4 Å². The fraction of sp³-hybridized carbons (Fsp3) is 0.357. The molecule has 1 aliphatic carbocycles. The molecule has 2 rings (SSSR count). The minimum Gasteiger partial charge on any atom is -0.359 e. The van der Waals surface area contributed by atoms with Crippen LogP contribution < -0.4 is 5.32 Å². The van der Waals surface area contributed by atoms with Crippen LogP contribution in [0.25, 0.3) is 0 Å². The van der Waals surface area contributed by atoms with Gasteiger partial charge in [0.1, 0.15) is 0 Å². The molecular weight excluding hydrogens is 198 g/mol. The Morgan fingerprint density at radius 2 is 2.00 bits per heavy atom. The van der Waals surface area contributed by atoms with Gasteiger partial charge in [-0.05, 0) is 44.4 Å². The van der Waals surface area contributed by atoms with Crippen molar-refractivity contribution in [2.24, 2.45) is 0 Å². The molecule has 0 saturated heterocycles. The molecule has 0 amide bonds. The number of aryl methyl sites for hydroxylation is 1. The molecule has 1 N–H and O–H groups in total. The molecule has 0 saturated carbocycles. The first-order chi connectivity index (χ1) is 7.66. The number of nitrogens with one attached hydrogen (secondary N) is 1. The number of hydrogen-bond acceptors (Lipinski definition) is 2. The standard InChI is InChI=1S/C14H17NO/c1-10-5-3-6-12(9-10)15-13-7-4-8-14(16)11(13)2/h3,5-6,9,15H,4,7-8H2,1-2H3. The van der Waals surface area contributed by atoms with Crippen molar-refractivity contribution < 1.29 is 4.79 Å².